The number of anilines is 1. The first-order valence-corrected chi connectivity index (χ1v) is 6.54. The number of rotatable bonds is 1. The van der Waals surface area contributed by atoms with Gasteiger partial charge in [-0.25, -0.2) is 0 Å². The van der Waals surface area contributed by atoms with Crippen LogP contribution in [0.4, 0.5) is 5.69 Å². The van der Waals surface area contributed by atoms with Crippen LogP contribution in [0.1, 0.15) is 31.2 Å². The van der Waals surface area contributed by atoms with Crippen molar-refractivity contribution in [2.75, 3.05) is 4.90 Å². The maximum Gasteiger partial charge on any atom is 0.235 e. The first-order chi connectivity index (χ1) is 8.75. The molecular formula is C16H17NO. The summed E-state index contributed by atoms with van der Waals surface area (Å²) in [5.41, 5.74) is 4.60. The van der Waals surface area contributed by atoms with Crippen molar-refractivity contribution in [2.24, 2.45) is 0 Å². The van der Waals surface area contributed by atoms with Crippen LogP contribution in [0.15, 0.2) is 48.2 Å². The number of nitrogens with zero attached hydrogens (tertiary/aromatic N) is 1. The highest BCUT2D eigenvalue weighted by molar-refractivity contribution is 6.03. The Balaban J connectivity index is 1.95. The van der Waals surface area contributed by atoms with Crippen molar-refractivity contribution in [2.45, 2.75) is 32.1 Å². The summed E-state index contributed by atoms with van der Waals surface area (Å²) in [7, 11) is 0. The van der Waals surface area contributed by atoms with E-state index in [9.17, 15) is 4.79 Å². The highest BCUT2D eigenvalue weighted by Gasteiger charge is 2.26. The van der Waals surface area contributed by atoms with Gasteiger partial charge in [-0.3, -0.25) is 9.69 Å². The normalized spacial score (nSPS) is 21.6. The maximum absolute atomic E-state index is 12.1. The van der Waals surface area contributed by atoms with Crippen LogP contribution in [0.25, 0.3) is 0 Å². The Hall–Kier alpha value is -1.83. The summed E-state index contributed by atoms with van der Waals surface area (Å²) in [4.78, 5) is 13.9. The van der Waals surface area contributed by atoms with Crippen LogP contribution in [0.3, 0.4) is 0 Å². The van der Waals surface area contributed by atoms with Gasteiger partial charge in [0.2, 0.25) is 5.91 Å². The van der Waals surface area contributed by atoms with Crippen molar-refractivity contribution in [3.8, 4) is 0 Å². The molecule has 2 aliphatic rings. The number of amides is 1. The largest absolute Gasteiger partial charge is 0.287 e. The molecule has 18 heavy (non-hydrogen) atoms. The van der Waals surface area contributed by atoms with E-state index in [0.29, 0.717) is 6.42 Å². The zero-order valence-corrected chi connectivity index (χ0v) is 10.5. The van der Waals surface area contributed by atoms with Crippen LogP contribution in [-0.4, -0.2) is 5.91 Å². The van der Waals surface area contributed by atoms with Gasteiger partial charge in [0.05, 0.1) is 12.1 Å². The molecule has 0 saturated heterocycles. The molecule has 3 rings (SSSR count). The molecule has 0 unspecified atom stereocenters. The van der Waals surface area contributed by atoms with Crippen LogP contribution in [0.5, 0.6) is 0 Å². The second-order valence-corrected chi connectivity index (χ2v) is 5.03. The molecule has 0 spiro atoms. The molecule has 1 aromatic rings. The molecule has 1 amide bonds. The van der Waals surface area contributed by atoms with Crippen molar-refractivity contribution in [1.82, 2.24) is 0 Å². The van der Waals surface area contributed by atoms with E-state index in [1.54, 1.807) is 4.90 Å². The number of fused-ring (bicyclic) bond motifs is 1. The van der Waals surface area contributed by atoms with E-state index in [1.165, 1.54) is 24.0 Å². The first-order valence-electron chi connectivity index (χ1n) is 6.54. The number of allylic oxidation sites excluding steroid dienone is 2. The third-order valence-electron chi connectivity index (χ3n) is 3.78. The number of hydrogen-bond donors (Lipinski definition) is 0. The number of para-hydroxylation sites is 1. The lowest BCUT2D eigenvalue weighted by Gasteiger charge is -2.20. The SMILES string of the molecule is C=C1CCCC/C1=C\N1C(=O)Cc2ccccc21. The van der Waals surface area contributed by atoms with Gasteiger partial charge < -0.3 is 0 Å². The zero-order valence-electron chi connectivity index (χ0n) is 10.5. The third-order valence-corrected chi connectivity index (χ3v) is 3.78. The molecule has 1 saturated carbocycles. The molecular weight excluding hydrogens is 222 g/mol. The fraction of sp³-hybridized carbons (Fsp3) is 0.312. The molecule has 0 radical (unpaired) electrons. The summed E-state index contributed by atoms with van der Waals surface area (Å²) in [6, 6.07) is 8.02. The summed E-state index contributed by atoms with van der Waals surface area (Å²) in [6.45, 7) is 4.11. The molecule has 1 fully saturated rings. The van der Waals surface area contributed by atoms with E-state index in [2.05, 4.69) is 6.58 Å². The summed E-state index contributed by atoms with van der Waals surface area (Å²) in [6.07, 6.45) is 7.07. The number of carbonyl (C=O) groups is 1. The van der Waals surface area contributed by atoms with Gasteiger partial charge in [0.25, 0.3) is 0 Å². The van der Waals surface area contributed by atoms with E-state index in [-0.39, 0.29) is 5.91 Å². The Morgan fingerprint density at radius 1 is 1.17 bits per heavy atom. The summed E-state index contributed by atoms with van der Waals surface area (Å²) < 4.78 is 0. The van der Waals surface area contributed by atoms with Gasteiger partial charge in [0.1, 0.15) is 0 Å². The maximum atomic E-state index is 12.1. The molecule has 1 heterocycles. The Bertz CT molecular complexity index is 542. The van der Waals surface area contributed by atoms with E-state index in [1.807, 2.05) is 30.5 Å². The first kappa shape index (κ1) is 11.3. The molecule has 0 aromatic heterocycles. The van der Waals surface area contributed by atoms with Crippen LogP contribution in [0, 0.1) is 0 Å². The molecule has 92 valence electrons. The summed E-state index contributed by atoms with van der Waals surface area (Å²) >= 11 is 0. The van der Waals surface area contributed by atoms with Gasteiger partial charge in [-0.2, -0.15) is 0 Å². The Morgan fingerprint density at radius 3 is 2.78 bits per heavy atom. The smallest absolute Gasteiger partial charge is 0.235 e. The van der Waals surface area contributed by atoms with Gasteiger partial charge in [0.15, 0.2) is 0 Å². The van der Waals surface area contributed by atoms with E-state index >= 15 is 0 Å². The minimum atomic E-state index is 0.169. The molecule has 1 aromatic carbocycles. The second-order valence-electron chi connectivity index (χ2n) is 5.03. The molecule has 0 atom stereocenters. The average molecular weight is 239 g/mol. The molecule has 0 bridgehead atoms. The minimum Gasteiger partial charge on any atom is -0.287 e. The molecule has 2 nitrogen and oxygen atoms in total. The molecule has 2 heteroatoms. The van der Waals surface area contributed by atoms with Gasteiger partial charge >= 0.3 is 0 Å². The molecule has 1 aliphatic heterocycles. The second kappa shape index (κ2) is 4.45. The van der Waals surface area contributed by atoms with Crippen molar-refractivity contribution in [3.63, 3.8) is 0 Å². The van der Waals surface area contributed by atoms with Crippen molar-refractivity contribution in [1.29, 1.82) is 0 Å². The van der Waals surface area contributed by atoms with Crippen molar-refractivity contribution < 1.29 is 4.79 Å². The van der Waals surface area contributed by atoms with Crippen LogP contribution >= 0.6 is 0 Å². The van der Waals surface area contributed by atoms with Crippen molar-refractivity contribution in [3.05, 3.63) is 53.8 Å². The standard InChI is InChI=1S/C16H17NO/c1-12-6-2-3-8-14(12)11-17-15-9-5-4-7-13(15)10-16(17)18/h4-5,7,9,11H,1-3,6,8,10H2/b14-11+. The van der Waals surface area contributed by atoms with Gasteiger partial charge in [-0.1, -0.05) is 30.4 Å². The predicted octanol–water partition coefficient (Wildman–Crippen LogP) is 3.59. The fourth-order valence-corrected chi connectivity index (χ4v) is 2.72. The fourth-order valence-electron chi connectivity index (χ4n) is 2.72. The van der Waals surface area contributed by atoms with Crippen molar-refractivity contribution >= 4 is 11.6 Å². The monoisotopic (exact) mass is 239 g/mol. The quantitative estimate of drug-likeness (QED) is 0.733. The Labute approximate surface area is 108 Å². The predicted molar refractivity (Wildman–Crippen MR) is 73.3 cm³/mol. The third kappa shape index (κ3) is 1.88. The van der Waals surface area contributed by atoms with E-state index in [0.717, 1.165) is 24.1 Å². The number of carbonyl (C=O) groups excluding carboxylic acids is 1. The van der Waals surface area contributed by atoms with E-state index in [4.69, 9.17) is 0 Å². The van der Waals surface area contributed by atoms with Gasteiger partial charge in [-0.05, 0) is 42.9 Å². The topological polar surface area (TPSA) is 20.3 Å². The van der Waals surface area contributed by atoms with Crippen LogP contribution in [-0.2, 0) is 11.2 Å². The van der Waals surface area contributed by atoms with Crippen LogP contribution < -0.4 is 4.90 Å². The van der Waals surface area contributed by atoms with E-state index < -0.39 is 0 Å². The lowest BCUT2D eigenvalue weighted by Crippen LogP contribution is -2.21. The lowest BCUT2D eigenvalue weighted by atomic mass is 9.91. The molecule has 1 aliphatic carbocycles. The van der Waals surface area contributed by atoms with Gasteiger partial charge in [-0.15, -0.1) is 0 Å². The summed E-state index contributed by atoms with van der Waals surface area (Å²) in [5.74, 6) is 0.169. The Kier molecular flexibility index (Phi) is 2.78. The average Bonchev–Trinajstić information content (AvgIpc) is 2.69. The minimum absolute atomic E-state index is 0.169. The number of benzene rings is 1. The summed E-state index contributed by atoms with van der Waals surface area (Å²) in [5, 5.41) is 0. The van der Waals surface area contributed by atoms with Gasteiger partial charge in [0, 0.05) is 6.20 Å². The van der Waals surface area contributed by atoms with Crippen LogP contribution in [0.2, 0.25) is 0 Å². The lowest BCUT2D eigenvalue weighted by molar-refractivity contribution is -0.116. The highest BCUT2D eigenvalue weighted by atomic mass is 16.2. The Morgan fingerprint density at radius 2 is 1.94 bits per heavy atom. The zero-order chi connectivity index (χ0) is 12.5. The molecule has 0 N–H and O–H groups in total. The number of hydrogen-bond acceptors (Lipinski definition) is 1. The highest BCUT2D eigenvalue weighted by Crippen LogP contribution is 2.33.